The molecule has 228 valence electrons. The van der Waals surface area contributed by atoms with Crippen LogP contribution in [-0.2, 0) is 18.5 Å². The lowest BCUT2D eigenvalue weighted by molar-refractivity contribution is 0.197. The van der Waals surface area contributed by atoms with Crippen molar-refractivity contribution in [3.63, 3.8) is 0 Å². The molecule has 4 aromatic rings. The lowest BCUT2D eigenvalue weighted by atomic mass is 10.1. The summed E-state index contributed by atoms with van der Waals surface area (Å²) in [6.45, 7) is 19.5. The molecule has 1 aromatic carbocycles. The van der Waals surface area contributed by atoms with Crippen LogP contribution in [0.2, 0.25) is 25.2 Å². The van der Waals surface area contributed by atoms with E-state index in [1.54, 1.807) is 6.07 Å². The zero-order chi connectivity index (χ0) is 30.5. The number of hydrogen-bond donors (Lipinski definition) is 1. The van der Waals surface area contributed by atoms with Crippen molar-refractivity contribution in [2.75, 3.05) is 38.0 Å². The molecule has 0 radical (unpaired) electrons. The molecule has 0 saturated carbocycles. The minimum atomic E-state index is -0.941. The maximum atomic E-state index is 15.2. The van der Waals surface area contributed by atoms with Crippen LogP contribution in [-0.4, -0.2) is 75.1 Å². The standard InChI is InChI=1S/C32H42F2N8Si/c1-21-36-30-24(33)17-23(18-27(30)42(21)32(2,3)4)29-25(34)19-35-31(39-29)38-28-8-7-22-20-41(10-9-26(22)37-28)12-11-40-13-15-43(5,6)16-14-40/h7-8,17-19H,9-16,20H2,1-6H3,(H,35,37,38,39). The van der Waals surface area contributed by atoms with Gasteiger partial charge in [-0.1, -0.05) is 19.2 Å². The molecule has 6 rings (SSSR count). The van der Waals surface area contributed by atoms with Gasteiger partial charge < -0.3 is 14.8 Å². The average molecular weight is 605 g/mol. The number of aromatic nitrogens is 5. The summed E-state index contributed by atoms with van der Waals surface area (Å²) < 4.78 is 32.2. The quantitative estimate of drug-likeness (QED) is 0.257. The first kappa shape index (κ1) is 29.8. The molecular formula is C32H42F2N8Si. The lowest BCUT2D eigenvalue weighted by Gasteiger charge is -2.37. The van der Waals surface area contributed by atoms with Crippen LogP contribution in [0, 0.1) is 18.6 Å². The molecule has 0 spiro atoms. The molecule has 0 amide bonds. The number of nitrogens with one attached hydrogen (secondary N) is 1. The number of nitrogens with zero attached hydrogens (tertiary/aromatic N) is 7. The Morgan fingerprint density at radius 1 is 0.930 bits per heavy atom. The highest BCUT2D eigenvalue weighted by atomic mass is 28.3. The third-order valence-corrected chi connectivity index (χ3v) is 12.0. The van der Waals surface area contributed by atoms with Crippen molar-refractivity contribution in [2.45, 2.75) is 71.4 Å². The van der Waals surface area contributed by atoms with Gasteiger partial charge in [-0.05, 0) is 76.6 Å². The van der Waals surface area contributed by atoms with Crippen molar-refractivity contribution in [2.24, 2.45) is 0 Å². The van der Waals surface area contributed by atoms with E-state index in [1.807, 2.05) is 38.3 Å². The zero-order valence-electron chi connectivity index (χ0n) is 26.1. The van der Waals surface area contributed by atoms with Crippen molar-refractivity contribution < 1.29 is 8.78 Å². The fourth-order valence-corrected chi connectivity index (χ4v) is 8.47. The second kappa shape index (κ2) is 11.3. The SMILES string of the molecule is Cc1nc2c(F)cc(-c3nc(Nc4ccc5c(n4)CCN(CCN4CC[Si](C)(C)CC4)C5)ncc3F)cc2n1C(C)(C)C. The van der Waals surface area contributed by atoms with Gasteiger partial charge >= 0.3 is 0 Å². The number of imidazole rings is 1. The molecule has 1 saturated heterocycles. The van der Waals surface area contributed by atoms with E-state index in [-0.39, 0.29) is 22.7 Å². The number of fused-ring (bicyclic) bond motifs is 2. The topological polar surface area (TPSA) is 75.0 Å². The van der Waals surface area contributed by atoms with E-state index in [2.05, 4.69) is 49.2 Å². The van der Waals surface area contributed by atoms with Crippen LogP contribution < -0.4 is 5.32 Å². The van der Waals surface area contributed by atoms with Gasteiger partial charge in [0.2, 0.25) is 5.95 Å². The van der Waals surface area contributed by atoms with E-state index in [9.17, 15) is 0 Å². The Balaban J connectivity index is 1.16. The lowest BCUT2D eigenvalue weighted by Crippen LogP contribution is -2.45. The molecule has 0 aliphatic carbocycles. The van der Waals surface area contributed by atoms with Gasteiger partial charge in [-0.3, -0.25) is 4.90 Å². The van der Waals surface area contributed by atoms with E-state index in [0.29, 0.717) is 22.7 Å². The molecule has 1 fully saturated rings. The highest BCUT2D eigenvalue weighted by molar-refractivity contribution is 6.77. The minimum Gasteiger partial charge on any atom is -0.323 e. The molecule has 8 nitrogen and oxygen atoms in total. The van der Waals surface area contributed by atoms with Gasteiger partial charge in [0.05, 0.1) is 11.7 Å². The summed E-state index contributed by atoms with van der Waals surface area (Å²) in [4.78, 5) is 23.0. The summed E-state index contributed by atoms with van der Waals surface area (Å²) >= 11 is 0. The van der Waals surface area contributed by atoms with Crippen LogP contribution in [0.1, 0.15) is 37.9 Å². The predicted molar refractivity (Wildman–Crippen MR) is 170 cm³/mol. The van der Waals surface area contributed by atoms with Crippen LogP contribution in [0.15, 0.2) is 30.5 Å². The summed E-state index contributed by atoms with van der Waals surface area (Å²) in [5.41, 5.74) is 3.17. The monoisotopic (exact) mass is 604 g/mol. The number of rotatable bonds is 6. The first-order valence-electron chi connectivity index (χ1n) is 15.3. The average Bonchev–Trinajstić information content (AvgIpc) is 3.30. The number of pyridine rings is 1. The summed E-state index contributed by atoms with van der Waals surface area (Å²) in [5.74, 6) is 0.357. The Bertz CT molecular complexity index is 1650. The van der Waals surface area contributed by atoms with Crippen LogP contribution in [0.25, 0.3) is 22.3 Å². The van der Waals surface area contributed by atoms with Crippen molar-refractivity contribution in [1.82, 2.24) is 34.3 Å². The molecule has 2 aliphatic heterocycles. The number of aryl methyl sites for hydroxylation is 1. The molecule has 43 heavy (non-hydrogen) atoms. The molecule has 2 aliphatic rings. The maximum Gasteiger partial charge on any atom is 0.229 e. The Morgan fingerprint density at radius 2 is 1.67 bits per heavy atom. The summed E-state index contributed by atoms with van der Waals surface area (Å²) in [6.07, 6.45) is 1.99. The second-order valence-corrected chi connectivity index (χ2v) is 19.2. The van der Waals surface area contributed by atoms with Crippen LogP contribution >= 0.6 is 0 Å². The van der Waals surface area contributed by atoms with Crippen molar-refractivity contribution in [1.29, 1.82) is 0 Å². The highest BCUT2D eigenvalue weighted by Gasteiger charge is 2.28. The smallest absolute Gasteiger partial charge is 0.229 e. The summed E-state index contributed by atoms with van der Waals surface area (Å²) in [5, 5.41) is 3.14. The Kier molecular flexibility index (Phi) is 7.85. The summed E-state index contributed by atoms with van der Waals surface area (Å²) in [7, 11) is -0.941. The molecule has 1 N–H and O–H groups in total. The van der Waals surface area contributed by atoms with Crippen molar-refractivity contribution in [3.05, 3.63) is 59.2 Å². The minimum absolute atomic E-state index is 0.0193. The second-order valence-electron chi connectivity index (χ2n) is 13.8. The number of benzene rings is 1. The van der Waals surface area contributed by atoms with E-state index in [0.717, 1.165) is 44.5 Å². The third-order valence-electron chi connectivity index (χ3n) is 8.88. The van der Waals surface area contributed by atoms with E-state index >= 15 is 8.78 Å². The van der Waals surface area contributed by atoms with E-state index in [4.69, 9.17) is 4.98 Å². The third kappa shape index (κ3) is 6.34. The number of hydrogen-bond acceptors (Lipinski definition) is 7. The molecular weight excluding hydrogens is 562 g/mol. The van der Waals surface area contributed by atoms with Gasteiger partial charge in [0, 0.05) is 57.5 Å². The van der Waals surface area contributed by atoms with Gasteiger partial charge in [-0.15, -0.1) is 0 Å². The highest BCUT2D eigenvalue weighted by Crippen LogP contribution is 2.32. The molecule has 3 aromatic heterocycles. The number of halogens is 2. The Morgan fingerprint density at radius 3 is 2.42 bits per heavy atom. The van der Waals surface area contributed by atoms with Gasteiger partial charge in [0.1, 0.15) is 22.9 Å². The zero-order valence-corrected chi connectivity index (χ0v) is 27.1. The first-order valence-corrected chi connectivity index (χ1v) is 18.7. The predicted octanol–water partition coefficient (Wildman–Crippen LogP) is 6.36. The first-order chi connectivity index (χ1) is 20.4. The molecule has 5 heterocycles. The van der Waals surface area contributed by atoms with Crippen LogP contribution in [0.4, 0.5) is 20.5 Å². The normalized spacial score (nSPS) is 17.8. The van der Waals surface area contributed by atoms with Crippen molar-refractivity contribution >= 4 is 30.9 Å². The van der Waals surface area contributed by atoms with E-state index in [1.165, 1.54) is 36.8 Å². The van der Waals surface area contributed by atoms with Gasteiger partial charge in [0.25, 0.3) is 0 Å². The summed E-state index contributed by atoms with van der Waals surface area (Å²) in [6, 6.07) is 9.87. The van der Waals surface area contributed by atoms with E-state index < -0.39 is 19.7 Å². The number of anilines is 2. The maximum absolute atomic E-state index is 15.2. The van der Waals surface area contributed by atoms with Gasteiger partial charge in [-0.25, -0.2) is 28.7 Å². The van der Waals surface area contributed by atoms with Crippen LogP contribution in [0.3, 0.4) is 0 Å². The molecule has 0 unspecified atom stereocenters. The van der Waals surface area contributed by atoms with Gasteiger partial charge in [-0.2, -0.15) is 0 Å². The largest absolute Gasteiger partial charge is 0.323 e. The fraction of sp³-hybridized carbons (Fsp3) is 0.500. The van der Waals surface area contributed by atoms with Crippen molar-refractivity contribution in [3.8, 4) is 11.3 Å². The Hall–Kier alpha value is -3.28. The molecule has 11 heteroatoms. The van der Waals surface area contributed by atoms with Gasteiger partial charge in [0.15, 0.2) is 11.6 Å². The van der Waals surface area contributed by atoms with Crippen LogP contribution in [0.5, 0.6) is 0 Å². The fourth-order valence-electron chi connectivity index (χ4n) is 6.38. The Labute approximate surface area is 253 Å². The molecule has 0 bridgehead atoms. The molecule has 0 atom stereocenters.